The van der Waals surface area contributed by atoms with Crippen LogP contribution in [0.2, 0.25) is 0 Å². The number of nitrogens with one attached hydrogen (secondary N) is 1. The molecule has 0 radical (unpaired) electrons. The Balaban J connectivity index is 0. The molecule has 0 atom stereocenters. The van der Waals surface area contributed by atoms with Crippen LogP contribution in [0.25, 0.3) is 0 Å². The smallest absolute Gasteiger partial charge is 0.221 e. The van der Waals surface area contributed by atoms with Crippen LogP contribution in [0.1, 0.15) is 6.92 Å². The van der Waals surface area contributed by atoms with Crippen LogP contribution in [0, 0.1) is 0 Å². The first-order valence-corrected chi connectivity index (χ1v) is 9.39. The Morgan fingerprint density at radius 2 is 1.73 bits per heavy atom. The topological polar surface area (TPSA) is 29.1 Å². The van der Waals surface area contributed by atoms with Gasteiger partial charge in [0.25, 0.3) is 0 Å². The zero-order valence-corrected chi connectivity index (χ0v) is 11.6. The molecule has 0 rings (SSSR count). The predicted molar refractivity (Wildman–Crippen MR) is 64.8 cm³/mol. The molecule has 0 saturated heterocycles. The first-order chi connectivity index (χ1) is 4.92. The van der Waals surface area contributed by atoms with E-state index in [9.17, 15) is 4.79 Å². The Morgan fingerprint density at radius 1 is 1.36 bits per heavy atom. The number of carbonyl (C=O) groups excluding carboxylic acids is 1. The number of hydrogen-bond acceptors (Lipinski definition) is 1. The molecular formula is C6H15I2N2O+. The van der Waals surface area contributed by atoms with Crippen molar-refractivity contribution >= 4 is 43.1 Å². The van der Waals surface area contributed by atoms with Crippen molar-refractivity contribution in [2.24, 2.45) is 0 Å². The molecule has 0 bridgehead atoms. The van der Waals surface area contributed by atoms with Crippen molar-refractivity contribution in [1.82, 2.24) is 5.32 Å². The zero-order chi connectivity index (χ0) is 9.49. The summed E-state index contributed by atoms with van der Waals surface area (Å²) in [6.45, 7) is 2.21. The van der Waals surface area contributed by atoms with Crippen molar-refractivity contribution in [1.29, 1.82) is 0 Å². The molecular weight excluding hydrogens is 370 g/mol. The van der Waals surface area contributed by atoms with Gasteiger partial charge < -0.3 is 9.80 Å². The maximum atomic E-state index is 10.4. The van der Waals surface area contributed by atoms with E-state index < -0.39 is 0 Å². The summed E-state index contributed by atoms with van der Waals surface area (Å²) in [5.74, 6) is 0.0306. The highest BCUT2D eigenvalue weighted by atomic mass is 128. The van der Waals surface area contributed by atoms with Gasteiger partial charge in [-0.25, -0.2) is 0 Å². The van der Waals surface area contributed by atoms with Crippen molar-refractivity contribution in [3.8, 4) is 0 Å². The van der Waals surface area contributed by atoms with Gasteiger partial charge in [0.15, 0.2) is 6.67 Å². The molecule has 68 valence electrons. The minimum absolute atomic E-state index is 0.0306. The standard InChI is InChI=1S/C6H14N2O.I2/c1-6(9)7-5-8(2,3)4;1-2/h5H2,1-4H3;/p+1. The lowest BCUT2D eigenvalue weighted by molar-refractivity contribution is -0.872. The third kappa shape index (κ3) is 18.1. The van der Waals surface area contributed by atoms with Crippen LogP contribution in [0.15, 0.2) is 0 Å². The van der Waals surface area contributed by atoms with E-state index in [1.165, 1.54) is 6.92 Å². The molecule has 1 amide bonds. The van der Waals surface area contributed by atoms with Gasteiger partial charge in [0, 0.05) is 44.2 Å². The summed E-state index contributed by atoms with van der Waals surface area (Å²) >= 11 is 4.24. The number of amides is 1. The Kier molecular flexibility index (Phi) is 9.87. The largest absolute Gasteiger partial charge is 0.314 e. The lowest BCUT2D eigenvalue weighted by Gasteiger charge is -2.23. The van der Waals surface area contributed by atoms with E-state index in [0.717, 1.165) is 4.48 Å². The van der Waals surface area contributed by atoms with Crippen LogP contribution in [0.3, 0.4) is 0 Å². The highest BCUT2D eigenvalue weighted by molar-refractivity contribution is 15.0. The summed E-state index contributed by atoms with van der Waals surface area (Å²) in [6.07, 6.45) is 0. The maximum absolute atomic E-state index is 10.4. The van der Waals surface area contributed by atoms with E-state index in [-0.39, 0.29) is 5.91 Å². The molecule has 0 spiro atoms. The third-order valence-electron chi connectivity index (χ3n) is 0.802. The van der Waals surface area contributed by atoms with E-state index >= 15 is 0 Å². The van der Waals surface area contributed by atoms with Crippen LogP contribution in [-0.4, -0.2) is 38.2 Å². The van der Waals surface area contributed by atoms with Crippen LogP contribution in [0.4, 0.5) is 0 Å². The monoisotopic (exact) mass is 385 g/mol. The van der Waals surface area contributed by atoms with Crippen LogP contribution < -0.4 is 5.32 Å². The summed E-state index contributed by atoms with van der Waals surface area (Å²) in [5.41, 5.74) is 0. The summed E-state index contributed by atoms with van der Waals surface area (Å²) < 4.78 is 0.763. The molecule has 0 unspecified atom stereocenters. The van der Waals surface area contributed by atoms with E-state index in [2.05, 4.69) is 42.5 Å². The van der Waals surface area contributed by atoms with Gasteiger partial charge in [-0.3, -0.25) is 4.79 Å². The number of nitrogens with zero attached hydrogens (tertiary/aromatic N) is 1. The zero-order valence-electron chi connectivity index (χ0n) is 7.32. The van der Waals surface area contributed by atoms with Gasteiger partial charge in [0.1, 0.15) is 0 Å². The molecule has 0 aromatic carbocycles. The summed E-state index contributed by atoms with van der Waals surface area (Å²) in [6, 6.07) is 0. The average molecular weight is 385 g/mol. The Morgan fingerprint density at radius 3 is 1.82 bits per heavy atom. The number of halogens is 2. The summed E-state index contributed by atoms with van der Waals surface area (Å²) in [5, 5.41) is 2.72. The number of carbonyl (C=O) groups is 1. The molecule has 0 aromatic rings. The fourth-order valence-corrected chi connectivity index (χ4v) is 0.349. The molecule has 3 nitrogen and oxygen atoms in total. The van der Waals surface area contributed by atoms with Gasteiger partial charge in [-0.15, -0.1) is 0 Å². The molecule has 0 heterocycles. The SMILES string of the molecule is CC(=O)NC[N+](C)(C)C.II. The highest BCUT2D eigenvalue weighted by Crippen LogP contribution is 1.89. The van der Waals surface area contributed by atoms with E-state index in [4.69, 9.17) is 0 Å². The molecule has 0 aliphatic heterocycles. The van der Waals surface area contributed by atoms with Crippen molar-refractivity contribution in [2.45, 2.75) is 6.92 Å². The third-order valence-corrected chi connectivity index (χ3v) is 0.802. The molecule has 11 heavy (non-hydrogen) atoms. The normalized spacial score (nSPS) is 9.64. The van der Waals surface area contributed by atoms with E-state index in [1.807, 2.05) is 21.1 Å². The van der Waals surface area contributed by atoms with Gasteiger partial charge in [-0.05, 0) is 0 Å². The fourth-order valence-electron chi connectivity index (χ4n) is 0.349. The van der Waals surface area contributed by atoms with Crippen LogP contribution >= 0.6 is 37.2 Å². The Bertz CT molecular complexity index is 112. The second-order valence-corrected chi connectivity index (χ2v) is 3.18. The second kappa shape index (κ2) is 7.53. The minimum atomic E-state index is 0.0306. The number of rotatable bonds is 2. The lowest BCUT2D eigenvalue weighted by atomic mass is 10.6. The average Bonchev–Trinajstić information content (AvgIpc) is 1.87. The first kappa shape index (κ1) is 14.4. The molecule has 0 aromatic heterocycles. The van der Waals surface area contributed by atoms with Crippen molar-refractivity contribution in [2.75, 3.05) is 27.8 Å². The minimum Gasteiger partial charge on any atom is -0.314 e. The van der Waals surface area contributed by atoms with Crippen molar-refractivity contribution in [3.05, 3.63) is 0 Å². The Labute approximate surface area is 91.8 Å². The molecule has 5 heteroatoms. The van der Waals surface area contributed by atoms with E-state index in [1.54, 1.807) is 0 Å². The lowest BCUT2D eigenvalue weighted by Crippen LogP contribution is -2.44. The van der Waals surface area contributed by atoms with Gasteiger partial charge in [0.2, 0.25) is 5.91 Å². The predicted octanol–water partition coefficient (Wildman–Crippen LogP) is 1.56. The van der Waals surface area contributed by atoms with Gasteiger partial charge in [0.05, 0.1) is 21.1 Å². The van der Waals surface area contributed by atoms with Gasteiger partial charge >= 0.3 is 0 Å². The molecule has 1 N–H and O–H groups in total. The fraction of sp³-hybridized carbons (Fsp3) is 0.833. The quantitative estimate of drug-likeness (QED) is 0.437. The Hall–Kier alpha value is 0.890. The summed E-state index contributed by atoms with van der Waals surface area (Å²) in [7, 11) is 6.07. The maximum Gasteiger partial charge on any atom is 0.221 e. The van der Waals surface area contributed by atoms with Gasteiger partial charge in [-0.2, -0.15) is 0 Å². The highest BCUT2D eigenvalue weighted by Gasteiger charge is 2.05. The van der Waals surface area contributed by atoms with Crippen LogP contribution in [-0.2, 0) is 4.79 Å². The number of quaternary nitrogens is 1. The molecule has 0 fully saturated rings. The van der Waals surface area contributed by atoms with Crippen LogP contribution in [0.5, 0.6) is 0 Å². The molecule has 0 aliphatic carbocycles. The second-order valence-electron chi connectivity index (χ2n) is 3.18. The first-order valence-electron chi connectivity index (χ1n) is 3.11. The molecule has 0 aliphatic rings. The van der Waals surface area contributed by atoms with E-state index in [0.29, 0.717) is 6.67 Å². The molecule has 0 saturated carbocycles. The summed E-state index contributed by atoms with van der Waals surface area (Å²) in [4.78, 5) is 10.4. The van der Waals surface area contributed by atoms with Crippen molar-refractivity contribution < 1.29 is 9.28 Å². The number of hydrogen-bond donors (Lipinski definition) is 1. The van der Waals surface area contributed by atoms with Crippen molar-refractivity contribution in [3.63, 3.8) is 0 Å². The van der Waals surface area contributed by atoms with Gasteiger partial charge in [-0.1, -0.05) is 0 Å².